The molecule has 0 aliphatic rings. The highest BCUT2D eigenvalue weighted by Crippen LogP contribution is 2.30. The van der Waals surface area contributed by atoms with Gasteiger partial charge in [0.15, 0.2) is 0 Å². The first-order chi connectivity index (χ1) is 10.3. The molecule has 0 saturated carbocycles. The summed E-state index contributed by atoms with van der Waals surface area (Å²) in [5.74, 6) is 0. The number of halogens is 1. The molecular formula is C18H19BrN2. The average Bonchev–Trinajstić information content (AvgIpc) is 2.94. The van der Waals surface area contributed by atoms with Crippen LogP contribution in [-0.2, 0) is 0 Å². The molecule has 0 amide bonds. The monoisotopic (exact) mass is 342 g/mol. The van der Waals surface area contributed by atoms with Crippen LogP contribution in [0.15, 0.2) is 65.3 Å². The lowest BCUT2D eigenvalue weighted by Crippen LogP contribution is -2.17. The molecule has 3 aromatic rings. The lowest BCUT2D eigenvalue weighted by atomic mass is 10.0. The van der Waals surface area contributed by atoms with Gasteiger partial charge in [-0.3, -0.25) is 0 Å². The van der Waals surface area contributed by atoms with E-state index in [2.05, 4.69) is 86.6 Å². The van der Waals surface area contributed by atoms with Crippen molar-refractivity contribution in [1.82, 2.24) is 9.88 Å². The summed E-state index contributed by atoms with van der Waals surface area (Å²) in [4.78, 5) is 0. The Balaban J connectivity index is 2.08. The predicted octanol–water partition coefficient (Wildman–Crippen LogP) is 4.60. The maximum absolute atomic E-state index is 3.64. The van der Waals surface area contributed by atoms with Crippen LogP contribution in [0.2, 0.25) is 0 Å². The van der Waals surface area contributed by atoms with Crippen LogP contribution in [0.3, 0.4) is 0 Å². The molecule has 2 aromatic carbocycles. The van der Waals surface area contributed by atoms with E-state index in [-0.39, 0.29) is 0 Å². The third kappa shape index (κ3) is 2.89. The molecule has 108 valence electrons. The van der Waals surface area contributed by atoms with E-state index in [1.165, 1.54) is 16.5 Å². The molecule has 0 saturated heterocycles. The van der Waals surface area contributed by atoms with Gasteiger partial charge >= 0.3 is 0 Å². The van der Waals surface area contributed by atoms with Crippen molar-refractivity contribution in [2.45, 2.75) is 12.5 Å². The fourth-order valence-electron chi connectivity index (χ4n) is 2.85. The van der Waals surface area contributed by atoms with E-state index in [0.717, 1.165) is 17.4 Å². The lowest BCUT2D eigenvalue weighted by Gasteiger charge is -2.21. The van der Waals surface area contributed by atoms with Crippen molar-refractivity contribution in [3.8, 4) is 0 Å². The van der Waals surface area contributed by atoms with Gasteiger partial charge in [-0.15, -0.1) is 0 Å². The fourth-order valence-corrected chi connectivity index (χ4v) is 3.33. The minimum Gasteiger partial charge on any atom is -0.340 e. The molecule has 1 heterocycles. The Bertz CT molecular complexity index is 718. The molecule has 0 radical (unpaired) electrons. The van der Waals surface area contributed by atoms with Gasteiger partial charge in [0.2, 0.25) is 0 Å². The van der Waals surface area contributed by atoms with Gasteiger partial charge in [0.1, 0.15) is 0 Å². The van der Waals surface area contributed by atoms with Crippen LogP contribution in [0, 0.1) is 0 Å². The molecule has 3 rings (SSSR count). The summed E-state index contributed by atoms with van der Waals surface area (Å²) in [5.41, 5.74) is 2.62. The number of nitrogens with zero attached hydrogens (tertiary/aromatic N) is 1. The number of nitrogens with one attached hydrogen (secondary N) is 1. The zero-order valence-electron chi connectivity index (χ0n) is 12.1. The molecule has 1 N–H and O–H groups in total. The molecular weight excluding hydrogens is 324 g/mol. The van der Waals surface area contributed by atoms with Crippen LogP contribution in [0.1, 0.15) is 18.0 Å². The van der Waals surface area contributed by atoms with E-state index < -0.39 is 0 Å². The molecule has 2 nitrogen and oxygen atoms in total. The summed E-state index contributed by atoms with van der Waals surface area (Å²) < 4.78 is 3.53. The molecule has 1 unspecified atom stereocenters. The first-order valence-corrected chi connectivity index (χ1v) is 8.05. The Labute approximate surface area is 133 Å². The predicted molar refractivity (Wildman–Crippen MR) is 92.8 cm³/mol. The summed E-state index contributed by atoms with van der Waals surface area (Å²) in [6.45, 7) is 0.993. The summed E-state index contributed by atoms with van der Waals surface area (Å²) >= 11 is 3.64. The second kappa shape index (κ2) is 6.46. The Morgan fingerprint density at radius 1 is 1.05 bits per heavy atom. The maximum Gasteiger partial charge on any atom is 0.0598 e. The Morgan fingerprint density at radius 3 is 2.62 bits per heavy atom. The normalized spacial score (nSPS) is 12.7. The van der Waals surface area contributed by atoms with Crippen molar-refractivity contribution in [1.29, 1.82) is 0 Å². The highest BCUT2D eigenvalue weighted by molar-refractivity contribution is 9.10. The van der Waals surface area contributed by atoms with Gasteiger partial charge in [-0.1, -0.05) is 52.3 Å². The SMILES string of the molecule is CNCCC(c1ccccc1)n1ccc2c(Br)cccc21. The standard InChI is InChI=1S/C18H19BrN2/c1-20-12-10-17(14-6-3-2-4-7-14)21-13-11-15-16(19)8-5-9-18(15)21/h2-9,11,13,17,20H,10,12H2,1H3. The molecule has 0 bridgehead atoms. The van der Waals surface area contributed by atoms with Gasteiger partial charge in [-0.2, -0.15) is 0 Å². The maximum atomic E-state index is 3.64. The molecule has 1 aromatic heterocycles. The van der Waals surface area contributed by atoms with Gasteiger partial charge in [-0.05, 0) is 43.8 Å². The minimum atomic E-state index is 0.352. The van der Waals surface area contributed by atoms with Gasteiger partial charge in [0, 0.05) is 21.6 Å². The minimum absolute atomic E-state index is 0.352. The van der Waals surface area contributed by atoms with E-state index in [0.29, 0.717) is 6.04 Å². The van der Waals surface area contributed by atoms with Crippen LogP contribution in [0.25, 0.3) is 10.9 Å². The van der Waals surface area contributed by atoms with Gasteiger partial charge < -0.3 is 9.88 Å². The second-order valence-electron chi connectivity index (χ2n) is 5.21. The summed E-state index contributed by atoms with van der Waals surface area (Å²) in [5, 5.41) is 4.53. The van der Waals surface area contributed by atoms with Crippen molar-refractivity contribution >= 4 is 26.8 Å². The van der Waals surface area contributed by atoms with Crippen LogP contribution in [0.5, 0.6) is 0 Å². The van der Waals surface area contributed by atoms with E-state index in [4.69, 9.17) is 0 Å². The first-order valence-electron chi connectivity index (χ1n) is 7.26. The average molecular weight is 343 g/mol. The number of aromatic nitrogens is 1. The van der Waals surface area contributed by atoms with Crippen molar-refractivity contribution in [3.63, 3.8) is 0 Å². The Hall–Kier alpha value is -1.58. The van der Waals surface area contributed by atoms with Crippen molar-refractivity contribution in [3.05, 3.63) is 70.8 Å². The molecule has 1 atom stereocenters. The van der Waals surface area contributed by atoms with Crippen LogP contribution >= 0.6 is 15.9 Å². The molecule has 21 heavy (non-hydrogen) atoms. The molecule has 3 heteroatoms. The van der Waals surface area contributed by atoms with Crippen LogP contribution in [-0.4, -0.2) is 18.2 Å². The van der Waals surface area contributed by atoms with E-state index in [1.54, 1.807) is 0 Å². The number of fused-ring (bicyclic) bond motifs is 1. The number of hydrogen-bond donors (Lipinski definition) is 1. The third-order valence-corrected chi connectivity index (χ3v) is 4.59. The number of benzene rings is 2. The molecule has 0 aliphatic heterocycles. The lowest BCUT2D eigenvalue weighted by molar-refractivity contribution is 0.539. The Morgan fingerprint density at radius 2 is 1.86 bits per heavy atom. The van der Waals surface area contributed by atoms with Gasteiger partial charge in [-0.25, -0.2) is 0 Å². The highest BCUT2D eigenvalue weighted by atomic mass is 79.9. The number of rotatable bonds is 5. The second-order valence-corrected chi connectivity index (χ2v) is 6.07. The Kier molecular flexibility index (Phi) is 4.42. The number of hydrogen-bond acceptors (Lipinski definition) is 1. The first kappa shape index (κ1) is 14.4. The largest absolute Gasteiger partial charge is 0.340 e. The third-order valence-electron chi connectivity index (χ3n) is 3.90. The van der Waals surface area contributed by atoms with E-state index >= 15 is 0 Å². The zero-order chi connectivity index (χ0) is 14.7. The molecule has 0 fully saturated rings. The van der Waals surface area contributed by atoms with Gasteiger partial charge in [0.25, 0.3) is 0 Å². The topological polar surface area (TPSA) is 17.0 Å². The van der Waals surface area contributed by atoms with E-state index in [9.17, 15) is 0 Å². The van der Waals surface area contributed by atoms with E-state index in [1.807, 2.05) is 7.05 Å². The van der Waals surface area contributed by atoms with Crippen LogP contribution < -0.4 is 5.32 Å². The molecule has 0 aliphatic carbocycles. The van der Waals surface area contributed by atoms with Crippen molar-refractivity contribution in [2.75, 3.05) is 13.6 Å². The quantitative estimate of drug-likeness (QED) is 0.716. The van der Waals surface area contributed by atoms with Crippen LogP contribution in [0.4, 0.5) is 0 Å². The van der Waals surface area contributed by atoms with Gasteiger partial charge in [0.05, 0.1) is 6.04 Å². The summed E-state index contributed by atoms with van der Waals surface area (Å²) in [7, 11) is 2.01. The fraction of sp³-hybridized carbons (Fsp3) is 0.222. The molecule has 0 spiro atoms. The smallest absolute Gasteiger partial charge is 0.0598 e. The van der Waals surface area contributed by atoms with Crippen molar-refractivity contribution < 1.29 is 0 Å². The van der Waals surface area contributed by atoms with Crippen molar-refractivity contribution in [2.24, 2.45) is 0 Å². The highest BCUT2D eigenvalue weighted by Gasteiger charge is 2.15. The zero-order valence-corrected chi connectivity index (χ0v) is 13.7. The summed E-state index contributed by atoms with van der Waals surface area (Å²) in [6, 6.07) is 19.7. The summed E-state index contributed by atoms with van der Waals surface area (Å²) in [6.07, 6.45) is 3.26.